The van der Waals surface area contributed by atoms with Crippen LogP contribution in [0.4, 0.5) is 0 Å². The van der Waals surface area contributed by atoms with Crippen molar-refractivity contribution in [2.24, 2.45) is 0 Å². The number of nitrogens with zero attached hydrogens (tertiary/aromatic N) is 1. The predicted octanol–water partition coefficient (Wildman–Crippen LogP) is 8.86. The Kier molecular flexibility index (Phi) is 24.1. The maximum Gasteiger partial charge on any atom is 0.107 e. The highest BCUT2D eigenvalue weighted by atomic mass is 16.3. The molecule has 176 valence electrons. The molecule has 2 heteroatoms. The van der Waals surface area contributed by atoms with Gasteiger partial charge in [-0.3, -0.25) is 4.90 Å². The molecule has 1 N–H and O–H groups in total. The first kappa shape index (κ1) is 28.9. The third kappa shape index (κ3) is 21.0. The fraction of sp³-hybridized carbons (Fsp3) is 1.00. The van der Waals surface area contributed by atoms with Crippen LogP contribution < -0.4 is 0 Å². The molecule has 0 aromatic rings. The lowest BCUT2D eigenvalue weighted by Crippen LogP contribution is -2.36. The molecule has 0 saturated carbocycles. The summed E-state index contributed by atoms with van der Waals surface area (Å²) in [6.45, 7) is 8.85. The van der Waals surface area contributed by atoms with E-state index >= 15 is 0 Å². The van der Waals surface area contributed by atoms with Gasteiger partial charge >= 0.3 is 0 Å². The minimum absolute atomic E-state index is 0.230. The van der Waals surface area contributed by atoms with E-state index in [0.29, 0.717) is 0 Å². The van der Waals surface area contributed by atoms with Gasteiger partial charge in [-0.25, -0.2) is 0 Å². The molecule has 0 bridgehead atoms. The van der Waals surface area contributed by atoms with Crippen LogP contribution in [0.1, 0.15) is 156 Å². The van der Waals surface area contributed by atoms with E-state index in [1.807, 2.05) is 0 Å². The minimum atomic E-state index is -0.230. The maximum atomic E-state index is 10.3. The molecule has 0 fully saturated rings. The first-order valence-electron chi connectivity index (χ1n) is 13.7. The fourth-order valence-electron chi connectivity index (χ4n) is 4.27. The van der Waals surface area contributed by atoms with E-state index in [9.17, 15) is 5.11 Å². The van der Waals surface area contributed by atoms with Crippen molar-refractivity contribution >= 4 is 0 Å². The number of unbranched alkanes of at least 4 members (excludes halogenated alkanes) is 18. The van der Waals surface area contributed by atoms with E-state index in [1.165, 1.54) is 128 Å². The zero-order valence-corrected chi connectivity index (χ0v) is 20.7. The molecule has 0 rings (SSSR count). The van der Waals surface area contributed by atoms with Gasteiger partial charge in [0.15, 0.2) is 0 Å². The van der Waals surface area contributed by atoms with Gasteiger partial charge in [-0.1, -0.05) is 136 Å². The summed E-state index contributed by atoms with van der Waals surface area (Å²) < 4.78 is 0. The van der Waals surface area contributed by atoms with Crippen molar-refractivity contribution in [3.63, 3.8) is 0 Å². The summed E-state index contributed by atoms with van der Waals surface area (Å²) in [5.74, 6) is 0. The largest absolute Gasteiger partial charge is 0.378 e. The molecule has 0 aliphatic heterocycles. The highest BCUT2D eigenvalue weighted by Gasteiger charge is 2.12. The van der Waals surface area contributed by atoms with Crippen LogP contribution in [0.2, 0.25) is 0 Å². The van der Waals surface area contributed by atoms with Crippen molar-refractivity contribution < 1.29 is 5.11 Å². The van der Waals surface area contributed by atoms with Crippen LogP contribution in [0.15, 0.2) is 0 Å². The van der Waals surface area contributed by atoms with Crippen molar-refractivity contribution in [1.29, 1.82) is 0 Å². The molecule has 0 aromatic heterocycles. The highest BCUT2D eigenvalue weighted by molar-refractivity contribution is 4.62. The number of rotatable bonds is 24. The second-order valence-corrected chi connectivity index (χ2v) is 9.29. The first-order chi connectivity index (χ1) is 14.3. The van der Waals surface area contributed by atoms with E-state index in [2.05, 4.69) is 25.7 Å². The second-order valence-electron chi connectivity index (χ2n) is 9.29. The molecular formula is C27H57NO. The Morgan fingerprint density at radius 2 is 0.724 bits per heavy atom. The van der Waals surface area contributed by atoms with Crippen LogP contribution in [-0.2, 0) is 0 Å². The summed E-state index contributed by atoms with van der Waals surface area (Å²) in [5.41, 5.74) is 0. The van der Waals surface area contributed by atoms with Crippen LogP contribution in [-0.4, -0.2) is 29.3 Å². The molecule has 0 amide bonds. The van der Waals surface area contributed by atoms with E-state index in [1.54, 1.807) is 0 Å². The summed E-state index contributed by atoms with van der Waals surface area (Å²) in [6.07, 6.45) is 28.3. The van der Waals surface area contributed by atoms with Crippen molar-refractivity contribution in [3.8, 4) is 0 Å². The molecule has 0 aliphatic rings. The van der Waals surface area contributed by atoms with E-state index in [4.69, 9.17) is 0 Å². The van der Waals surface area contributed by atoms with Gasteiger partial charge in [0.1, 0.15) is 6.23 Å². The number of aliphatic hydroxyl groups is 1. The average Bonchev–Trinajstić information content (AvgIpc) is 2.74. The van der Waals surface area contributed by atoms with E-state index in [0.717, 1.165) is 19.5 Å². The van der Waals surface area contributed by atoms with Crippen LogP contribution in [0.25, 0.3) is 0 Å². The van der Waals surface area contributed by atoms with Gasteiger partial charge in [0.05, 0.1) is 0 Å². The lowest BCUT2D eigenvalue weighted by molar-refractivity contribution is -0.00101. The number of aliphatic hydroxyl groups excluding tert-OH is 1. The smallest absolute Gasteiger partial charge is 0.107 e. The van der Waals surface area contributed by atoms with Crippen LogP contribution in [0, 0.1) is 0 Å². The molecule has 2 nitrogen and oxygen atoms in total. The third-order valence-electron chi connectivity index (χ3n) is 6.38. The Balaban J connectivity index is 3.57. The maximum absolute atomic E-state index is 10.3. The van der Waals surface area contributed by atoms with Gasteiger partial charge in [0.25, 0.3) is 0 Å². The Labute approximate surface area is 185 Å². The van der Waals surface area contributed by atoms with Gasteiger partial charge in [-0.2, -0.15) is 0 Å². The Bertz CT molecular complexity index is 270. The molecule has 1 unspecified atom stereocenters. The van der Waals surface area contributed by atoms with Gasteiger partial charge in [-0.05, 0) is 19.3 Å². The van der Waals surface area contributed by atoms with Gasteiger partial charge in [-0.15, -0.1) is 0 Å². The summed E-state index contributed by atoms with van der Waals surface area (Å²) in [5, 5.41) is 10.3. The molecule has 0 radical (unpaired) electrons. The highest BCUT2D eigenvalue weighted by Crippen LogP contribution is 2.14. The normalized spacial score (nSPS) is 12.7. The van der Waals surface area contributed by atoms with Crippen LogP contribution in [0.5, 0.6) is 0 Å². The molecule has 0 spiro atoms. The Hall–Kier alpha value is -0.0800. The Morgan fingerprint density at radius 3 is 1.00 bits per heavy atom. The monoisotopic (exact) mass is 411 g/mol. The third-order valence-corrected chi connectivity index (χ3v) is 6.38. The average molecular weight is 412 g/mol. The molecule has 0 saturated heterocycles. The molecule has 29 heavy (non-hydrogen) atoms. The minimum Gasteiger partial charge on any atom is -0.378 e. The molecule has 0 aromatic carbocycles. The lowest BCUT2D eigenvalue weighted by atomic mass is 10.1. The van der Waals surface area contributed by atoms with Gasteiger partial charge in [0, 0.05) is 13.1 Å². The lowest BCUT2D eigenvalue weighted by Gasteiger charge is -2.27. The van der Waals surface area contributed by atoms with Gasteiger partial charge < -0.3 is 5.11 Å². The van der Waals surface area contributed by atoms with Crippen LogP contribution >= 0.6 is 0 Å². The van der Waals surface area contributed by atoms with Crippen molar-refractivity contribution in [1.82, 2.24) is 4.90 Å². The number of hydrogen-bond acceptors (Lipinski definition) is 2. The van der Waals surface area contributed by atoms with Crippen LogP contribution in [0.3, 0.4) is 0 Å². The second kappa shape index (κ2) is 24.2. The summed E-state index contributed by atoms with van der Waals surface area (Å²) >= 11 is 0. The van der Waals surface area contributed by atoms with E-state index < -0.39 is 0 Å². The summed E-state index contributed by atoms with van der Waals surface area (Å²) in [6, 6.07) is 0. The Morgan fingerprint density at radius 1 is 0.448 bits per heavy atom. The standard InChI is InChI=1S/C27H57NO/c1-4-7-9-11-13-15-17-19-21-23-25-28(27(29)6-3)26-24-22-20-18-16-14-12-10-8-5-2/h27,29H,4-26H2,1-3H3. The summed E-state index contributed by atoms with van der Waals surface area (Å²) in [4.78, 5) is 2.34. The molecule has 0 heterocycles. The van der Waals surface area contributed by atoms with Gasteiger partial charge in [0.2, 0.25) is 0 Å². The van der Waals surface area contributed by atoms with Crippen molar-refractivity contribution in [2.45, 2.75) is 162 Å². The fourth-order valence-corrected chi connectivity index (χ4v) is 4.27. The molecule has 1 atom stereocenters. The number of hydrogen-bond donors (Lipinski definition) is 1. The summed E-state index contributed by atoms with van der Waals surface area (Å²) in [7, 11) is 0. The van der Waals surface area contributed by atoms with Crippen molar-refractivity contribution in [2.75, 3.05) is 13.1 Å². The molecule has 0 aliphatic carbocycles. The van der Waals surface area contributed by atoms with Crippen molar-refractivity contribution in [3.05, 3.63) is 0 Å². The quantitative estimate of drug-likeness (QED) is 0.127. The zero-order valence-electron chi connectivity index (χ0n) is 20.7. The topological polar surface area (TPSA) is 23.5 Å². The first-order valence-corrected chi connectivity index (χ1v) is 13.7. The SMILES string of the molecule is CCCCCCCCCCCCN(CCCCCCCCCCCC)C(O)CC. The zero-order chi connectivity index (χ0) is 21.4. The predicted molar refractivity (Wildman–Crippen MR) is 132 cm³/mol. The molecular weight excluding hydrogens is 354 g/mol. The van der Waals surface area contributed by atoms with E-state index in [-0.39, 0.29) is 6.23 Å².